The van der Waals surface area contributed by atoms with Crippen LogP contribution in [0.25, 0.3) is 0 Å². The van der Waals surface area contributed by atoms with Gasteiger partial charge in [0, 0.05) is 31.8 Å². The smallest absolute Gasteiger partial charge is 0.0705 e. The van der Waals surface area contributed by atoms with Gasteiger partial charge in [0.1, 0.15) is 0 Å². The van der Waals surface area contributed by atoms with Crippen molar-refractivity contribution in [2.75, 3.05) is 26.3 Å². The van der Waals surface area contributed by atoms with Crippen molar-refractivity contribution in [2.24, 2.45) is 5.73 Å². The molecule has 0 saturated carbocycles. The third kappa shape index (κ3) is 3.17. The molecule has 2 fully saturated rings. The number of nitrogens with one attached hydrogen (secondary N) is 1. The molecule has 2 atom stereocenters. The lowest BCUT2D eigenvalue weighted by atomic mass is 9.92. The van der Waals surface area contributed by atoms with Crippen LogP contribution in [0.2, 0.25) is 0 Å². The molecule has 3 N–H and O–H groups in total. The lowest BCUT2D eigenvalue weighted by Crippen LogP contribution is -2.49. The van der Waals surface area contributed by atoms with Gasteiger partial charge >= 0.3 is 0 Å². The molecule has 0 bridgehead atoms. The van der Waals surface area contributed by atoms with Gasteiger partial charge in [-0.05, 0) is 32.6 Å². The van der Waals surface area contributed by atoms with Gasteiger partial charge in [-0.1, -0.05) is 0 Å². The third-order valence-corrected chi connectivity index (χ3v) is 3.81. The predicted molar refractivity (Wildman–Crippen MR) is 63.4 cm³/mol. The van der Waals surface area contributed by atoms with Crippen molar-refractivity contribution in [1.82, 2.24) is 5.32 Å². The Morgan fingerprint density at radius 3 is 2.56 bits per heavy atom. The minimum absolute atomic E-state index is 0.239. The van der Waals surface area contributed by atoms with Crippen LogP contribution in [0.5, 0.6) is 0 Å². The topological polar surface area (TPSA) is 56.5 Å². The zero-order valence-electron chi connectivity index (χ0n) is 10.2. The third-order valence-electron chi connectivity index (χ3n) is 3.81. The first-order valence-electron chi connectivity index (χ1n) is 6.40. The van der Waals surface area contributed by atoms with Crippen LogP contribution in [0, 0.1) is 0 Å². The molecule has 2 saturated heterocycles. The average molecular weight is 228 g/mol. The van der Waals surface area contributed by atoms with Gasteiger partial charge < -0.3 is 20.5 Å². The van der Waals surface area contributed by atoms with Gasteiger partial charge in [-0.15, -0.1) is 0 Å². The normalized spacial score (nSPS) is 34.1. The van der Waals surface area contributed by atoms with E-state index < -0.39 is 0 Å². The van der Waals surface area contributed by atoms with Crippen LogP contribution in [0.1, 0.15) is 32.6 Å². The maximum atomic E-state index is 5.83. The monoisotopic (exact) mass is 228 g/mol. The zero-order valence-corrected chi connectivity index (χ0v) is 10.2. The van der Waals surface area contributed by atoms with Gasteiger partial charge in [0.05, 0.1) is 12.2 Å². The van der Waals surface area contributed by atoms with Crippen LogP contribution in [-0.2, 0) is 9.47 Å². The maximum absolute atomic E-state index is 5.83. The molecule has 2 heterocycles. The average Bonchev–Trinajstić information content (AvgIpc) is 2.75. The summed E-state index contributed by atoms with van der Waals surface area (Å²) in [6, 6.07) is 0. The molecule has 0 spiro atoms. The Hall–Kier alpha value is -0.160. The molecule has 0 radical (unpaired) electrons. The molecule has 0 aliphatic carbocycles. The second-order valence-corrected chi connectivity index (χ2v) is 5.25. The highest BCUT2D eigenvalue weighted by Gasteiger charge is 2.30. The summed E-state index contributed by atoms with van der Waals surface area (Å²) in [5, 5.41) is 3.64. The first-order valence-corrected chi connectivity index (χ1v) is 6.40. The molecular weight excluding hydrogens is 204 g/mol. The fourth-order valence-electron chi connectivity index (χ4n) is 2.46. The SMILES string of the molecule is CC1(NCC2CCC(CN)O2)CCOCC1. The molecule has 0 aromatic rings. The van der Waals surface area contributed by atoms with Crippen LogP contribution >= 0.6 is 0 Å². The van der Waals surface area contributed by atoms with E-state index in [9.17, 15) is 0 Å². The molecule has 2 aliphatic rings. The summed E-state index contributed by atoms with van der Waals surface area (Å²) in [6.07, 6.45) is 5.09. The first-order chi connectivity index (χ1) is 7.72. The summed E-state index contributed by atoms with van der Waals surface area (Å²) in [7, 11) is 0. The van der Waals surface area contributed by atoms with Crippen molar-refractivity contribution < 1.29 is 9.47 Å². The van der Waals surface area contributed by atoms with E-state index in [4.69, 9.17) is 15.2 Å². The molecular formula is C12H24N2O2. The molecule has 0 aromatic heterocycles. The van der Waals surface area contributed by atoms with E-state index in [2.05, 4.69) is 12.2 Å². The lowest BCUT2D eigenvalue weighted by molar-refractivity contribution is 0.0221. The molecule has 4 nitrogen and oxygen atoms in total. The second-order valence-electron chi connectivity index (χ2n) is 5.25. The van der Waals surface area contributed by atoms with E-state index in [0.717, 1.165) is 45.4 Å². The van der Waals surface area contributed by atoms with Crippen LogP contribution in [0.15, 0.2) is 0 Å². The zero-order chi connectivity index (χ0) is 11.4. The molecule has 2 rings (SSSR count). The molecule has 0 amide bonds. The standard InChI is InChI=1S/C12H24N2O2/c1-12(4-6-15-7-5-12)14-9-11-3-2-10(8-13)16-11/h10-11,14H,2-9,13H2,1H3. The summed E-state index contributed by atoms with van der Waals surface area (Å²) in [5.74, 6) is 0. The summed E-state index contributed by atoms with van der Waals surface area (Å²) in [6.45, 7) is 5.64. The molecule has 2 unspecified atom stereocenters. The van der Waals surface area contributed by atoms with Crippen molar-refractivity contribution in [1.29, 1.82) is 0 Å². The molecule has 2 aliphatic heterocycles. The molecule has 16 heavy (non-hydrogen) atoms. The summed E-state index contributed by atoms with van der Waals surface area (Å²) >= 11 is 0. The van der Waals surface area contributed by atoms with Crippen LogP contribution < -0.4 is 11.1 Å². The van der Waals surface area contributed by atoms with E-state index >= 15 is 0 Å². The summed E-state index contributed by atoms with van der Waals surface area (Å²) in [5.41, 5.74) is 5.84. The largest absolute Gasteiger partial charge is 0.381 e. The van der Waals surface area contributed by atoms with Gasteiger partial charge in [-0.3, -0.25) is 0 Å². The molecule has 0 aromatic carbocycles. The highest BCUT2D eigenvalue weighted by molar-refractivity contribution is 4.87. The molecule has 4 heteroatoms. The highest BCUT2D eigenvalue weighted by atomic mass is 16.5. The van der Waals surface area contributed by atoms with Crippen LogP contribution in [0.4, 0.5) is 0 Å². The van der Waals surface area contributed by atoms with Crippen LogP contribution in [-0.4, -0.2) is 44.1 Å². The Bertz CT molecular complexity index is 217. The summed E-state index contributed by atoms with van der Waals surface area (Å²) < 4.78 is 11.2. The van der Waals surface area contributed by atoms with E-state index in [0.29, 0.717) is 12.6 Å². The summed E-state index contributed by atoms with van der Waals surface area (Å²) in [4.78, 5) is 0. The number of rotatable bonds is 4. The quantitative estimate of drug-likeness (QED) is 0.742. The van der Waals surface area contributed by atoms with E-state index in [1.165, 1.54) is 0 Å². The van der Waals surface area contributed by atoms with Gasteiger partial charge in [0.2, 0.25) is 0 Å². The number of nitrogens with two attached hydrogens (primary N) is 1. The number of hydrogen-bond donors (Lipinski definition) is 2. The van der Waals surface area contributed by atoms with E-state index in [-0.39, 0.29) is 11.6 Å². The van der Waals surface area contributed by atoms with Gasteiger partial charge in [-0.25, -0.2) is 0 Å². The fraction of sp³-hybridized carbons (Fsp3) is 1.00. The Balaban J connectivity index is 1.70. The van der Waals surface area contributed by atoms with E-state index in [1.54, 1.807) is 0 Å². The van der Waals surface area contributed by atoms with Crippen molar-refractivity contribution in [3.8, 4) is 0 Å². The fourth-order valence-corrected chi connectivity index (χ4v) is 2.46. The van der Waals surface area contributed by atoms with E-state index in [1.807, 2.05) is 0 Å². The Labute approximate surface area is 97.9 Å². The number of hydrogen-bond acceptors (Lipinski definition) is 4. The van der Waals surface area contributed by atoms with Crippen LogP contribution in [0.3, 0.4) is 0 Å². The highest BCUT2D eigenvalue weighted by Crippen LogP contribution is 2.22. The van der Waals surface area contributed by atoms with Gasteiger partial charge in [-0.2, -0.15) is 0 Å². The van der Waals surface area contributed by atoms with Crippen molar-refractivity contribution >= 4 is 0 Å². The second kappa shape index (κ2) is 5.45. The van der Waals surface area contributed by atoms with Gasteiger partial charge in [0.25, 0.3) is 0 Å². The molecule has 94 valence electrons. The van der Waals surface area contributed by atoms with Crippen molar-refractivity contribution in [3.63, 3.8) is 0 Å². The number of ether oxygens (including phenoxy) is 2. The lowest BCUT2D eigenvalue weighted by Gasteiger charge is -2.35. The predicted octanol–water partition coefficient (Wildman–Crippen LogP) is 0.651. The Morgan fingerprint density at radius 2 is 1.94 bits per heavy atom. The Kier molecular flexibility index (Phi) is 4.19. The minimum atomic E-state index is 0.239. The van der Waals surface area contributed by atoms with Crippen molar-refractivity contribution in [3.05, 3.63) is 0 Å². The first kappa shape index (κ1) is 12.3. The Morgan fingerprint density at radius 1 is 1.25 bits per heavy atom. The van der Waals surface area contributed by atoms with Crippen molar-refractivity contribution in [2.45, 2.75) is 50.4 Å². The van der Waals surface area contributed by atoms with Gasteiger partial charge in [0.15, 0.2) is 0 Å². The maximum Gasteiger partial charge on any atom is 0.0705 e. The minimum Gasteiger partial charge on any atom is -0.381 e.